The Kier molecular flexibility index (Phi) is 10.6. The highest BCUT2D eigenvalue weighted by molar-refractivity contribution is 5.88. The Morgan fingerprint density at radius 1 is 0.943 bits per heavy atom. The zero-order valence-electron chi connectivity index (χ0n) is 22.9. The molecule has 0 aliphatic rings. The summed E-state index contributed by atoms with van der Waals surface area (Å²) in [7, 11) is 3.13. The normalized spacial score (nSPS) is 12.1. The molecule has 0 aliphatic carbocycles. The summed E-state index contributed by atoms with van der Waals surface area (Å²) in [4.78, 5) is 23.8. The van der Waals surface area contributed by atoms with Crippen LogP contribution in [0.15, 0.2) is 42.5 Å². The van der Waals surface area contributed by atoms with Crippen LogP contribution in [0, 0.1) is 0 Å². The molecule has 0 fully saturated rings. The van der Waals surface area contributed by atoms with E-state index in [0.717, 1.165) is 23.2 Å². The summed E-state index contributed by atoms with van der Waals surface area (Å²) < 4.78 is 10.7. The summed E-state index contributed by atoms with van der Waals surface area (Å²) in [5, 5.41) is 11.7. The first kappa shape index (κ1) is 29.8. The number of carbonyl (C=O) groups is 2. The van der Waals surface area contributed by atoms with Crippen LogP contribution in [-0.2, 0) is 10.8 Å². The van der Waals surface area contributed by atoms with Crippen molar-refractivity contribution in [2.75, 3.05) is 19.0 Å². The molecule has 35 heavy (non-hydrogen) atoms. The van der Waals surface area contributed by atoms with Gasteiger partial charge >= 0.3 is 12.2 Å². The average Bonchev–Trinajstić information content (AvgIpc) is 2.78. The summed E-state index contributed by atoms with van der Waals surface area (Å²) in [6.45, 7) is 16.6. The predicted molar refractivity (Wildman–Crippen MR) is 142 cm³/mol. The summed E-state index contributed by atoms with van der Waals surface area (Å²) in [6.07, 6.45) is -0.439. The quantitative estimate of drug-likeness (QED) is 0.476. The molecule has 194 valence electrons. The lowest BCUT2D eigenvalue weighted by molar-refractivity contribution is 0.188. The lowest BCUT2D eigenvalue weighted by atomic mass is 9.78. The Hall–Kier alpha value is -3.22. The average molecular weight is 487 g/mol. The summed E-state index contributed by atoms with van der Waals surface area (Å²) in [6, 6.07) is 13.2. The highest BCUT2D eigenvalue weighted by Gasteiger charge is 2.29. The van der Waals surface area contributed by atoms with Crippen LogP contribution in [0.3, 0.4) is 0 Å². The number of benzene rings is 2. The van der Waals surface area contributed by atoms with E-state index in [4.69, 9.17) is 9.47 Å². The number of carboxylic acid groups (broad SMARTS) is 1. The van der Waals surface area contributed by atoms with Gasteiger partial charge in [-0.25, -0.2) is 9.59 Å². The smallest absolute Gasteiger partial charge is 0.412 e. The van der Waals surface area contributed by atoms with Crippen LogP contribution in [0.4, 0.5) is 15.3 Å². The number of para-hydroxylation sites is 3. The number of nitrogens with one attached hydrogen (secondary N) is 1. The Labute approximate surface area is 210 Å². The van der Waals surface area contributed by atoms with Gasteiger partial charge in [0, 0.05) is 14.1 Å². The maximum atomic E-state index is 11.4. The van der Waals surface area contributed by atoms with Crippen molar-refractivity contribution in [3.05, 3.63) is 53.6 Å². The van der Waals surface area contributed by atoms with Crippen molar-refractivity contribution in [2.24, 2.45) is 0 Å². The molecule has 7 heteroatoms. The topological polar surface area (TPSA) is 88.1 Å². The SMILES string of the molecule is CCC(C)Oc1ccccc1OC(=O)NC.CN(C(=O)O)c1c(C(C)(C)C)cccc1C(C)(C)C. The maximum absolute atomic E-state index is 11.4. The first-order valence-corrected chi connectivity index (χ1v) is 11.9. The number of amides is 2. The second kappa shape index (κ2) is 12.5. The minimum absolute atomic E-state index is 0.0921. The van der Waals surface area contributed by atoms with Crippen molar-refractivity contribution in [3.63, 3.8) is 0 Å². The summed E-state index contributed by atoms with van der Waals surface area (Å²) >= 11 is 0. The molecule has 2 aromatic rings. The minimum atomic E-state index is -0.929. The van der Waals surface area contributed by atoms with Crippen molar-refractivity contribution in [2.45, 2.75) is 78.7 Å². The Balaban J connectivity index is 0.000000355. The number of rotatable bonds is 5. The summed E-state index contributed by atoms with van der Waals surface area (Å²) in [5.74, 6) is 1.02. The molecule has 7 nitrogen and oxygen atoms in total. The van der Waals surface area contributed by atoms with Crippen LogP contribution in [-0.4, -0.2) is 37.5 Å². The molecular weight excluding hydrogens is 444 g/mol. The number of nitrogens with zero attached hydrogens (tertiary/aromatic N) is 1. The van der Waals surface area contributed by atoms with Gasteiger partial charge in [0.15, 0.2) is 11.5 Å². The third-order valence-corrected chi connectivity index (χ3v) is 5.43. The van der Waals surface area contributed by atoms with E-state index in [1.54, 1.807) is 25.2 Å². The second-order valence-corrected chi connectivity index (χ2v) is 10.5. The van der Waals surface area contributed by atoms with Gasteiger partial charge in [0.1, 0.15) is 0 Å². The van der Waals surface area contributed by atoms with Gasteiger partial charge in [0.25, 0.3) is 0 Å². The van der Waals surface area contributed by atoms with E-state index in [9.17, 15) is 14.7 Å². The molecule has 0 heterocycles. The number of ether oxygens (including phenoxy) is 2. The monoisotopic (exact) mass is 486 g/mol. The van der Waals surface area contributed by atoms with Crippen LogP contribution >= 0.6 is 0 Å². The van der Waals surface area contributed by atoms with Gasteiger partial charge in [-0.3, -0.25) is 4.90 Å². The molecule has 0 saturated carbocycles. The fourth-order valence-corrected chi connectivity index (χ4v) is 3.29. The van der Waals surface area contributed by atoms with Gasteiger partial charge in [0.2, 0.25) is 0 Å². The fourth-order valence-electron chi connectivity index (χ4n) is 3.29. The van der Waals surface area contributed by atoms with E-state index >= 15 is 0 Å². The van der Waals surface area contributed by atoms with E-state index in [1.165, 1.54) is 11.9 Å². The lowest BCUT2D eigenvalue weighted by Crippen LogP contribution is -2.31. The van der Waals surface area contributed by atoms with Crippen LogP contribution in [0.25, 0.3) is 0 Å². The van der Waals surface area contributed by atoms with Gasteiger partial charge in [-0.1, -0.05) is 78.8 Å². The van der Waals surface area contributed by atoms with Gasteiger partial charge in [-0.05, 0) is 47.4 Å². The third-order valence-electron chi connectivity index (χ3n) is 5.43. The van der Waals surface area contributed by atoms with E-state index in [-0.39, 0.29) is 16.9 Å². The largest absolute Gasteiger partial charge is 0.487 e. The molecule has 0 spiro atoms. The molecule has 0 radical (unpaired) electrons. The first-order valence-electron chi connectivity index (χ1n) is 11.9. The van der Waals surface area contributed by atoms with Crippen LogP contribution in [0.5, 0.6) is 11.5 Å². The summed E-state index contributed by atoms with van der Waals surface area (Å²) in [5.41, 5.74) is 2.74. The highest BCUT2D eigenvalue weighted by atomic mass is 16.6. The molecule has 2 N–H and O–H groups in total. The first-order chi connectivity index (χ1) is 16.1. The Morgan fingerprint density at radius 2 is 1.43 bits per heavy atom. The standard InChI is InChI=1S/C16H25NO2.C12H17NO3/c1-15(2,3)11-9-8-10-12(16(4,5)6)13(11)17(7)14(18)19;1-4-9(2)15-10-7-5-6-8-11(10)16-12(14)13-3/h8-10H,1-7H3,(H,18,19);5-9H,4H2,1-3H3,(H,13,14). The molecular formula is C28H42N2O5. The van der Waals surface area contributed by atoms with Crippen LogP contribution in [0.1, 0.15) is 72.9 Å². The molecule has 0 aliphatic heterocycles. The molecule has 2 aromatic carbocycles. The molecule has 2 rings (SSSR count). The number of anilines is 1. The molecule has 0 aromatic heterocycles. The Bertz CT molecular complexity index is 957. The van der Waals surface area contributed by atoms with Gasteiger partial charge in [-0.2, -0.15) is 0 Å². The maximum Gasteiger partial charge on any atom is 0.412 e. The fraction of sp³-hybridized carbons (Fsp3) is 0.500. The molecule has 0 bridgehead atoms. The highest BCUT2D eigenvalue weighted by Crippen LogP contribution is 2.39. The predicted octanol–water partition coefficient (Wildman–Crippen LogP) is 6.98. The molecule has 0 saturated heterocycles. The van der Waals surface area contributed by atoms with Crippen molar-refractivity contribution in [3.8, 4) is 11.5 Å². The molecule has 1 atom stereocenters. The van der Waals surface area contributed by atoms with E-state index in [0.29, 0.717) is 11.5 Å². The van der Waals surface area contributed by atoms with E-state index in [1.807, 2.05) is 38.1 Å². The van der Waals surface area contributed by atoms with Gasteiger partial charge in [0.05, 0.1) is 11.8 Å². The zero-order chi connectivity index (χ0) is 27.0. The Morgan fingerprint density at radius 3 is 1.83 bits per heavy atom. The van der Waals surface area contributed by atoms with E-state index < -0.39 is 12.2 Å². The van der Waals surface area contributed by atoms with Crippen molar-refractivity contribution in [1.82, 2.24) is 5.32 Å². The number of hydrogen-bond acceptors (Lipinski definition) is 4. The second-order valence-electron chi connectivity index (χ2n) is 10.5. The third kappa shape index (κ3) is 8.81. The van der Waals surface area contributed by atoms with E-state index in [2.05, 4.69) is 46.9 Å². The molecule has 2 amide bonds. The van der Waals surface area contributed by atoms with Crippen molar-refractivity contribution in [1.29, 1.82) is 0 Å². The number of carbonyl (C=O) groups excluding carboxylic acids is 1. The van der Waals surface area contributed by atoms with Crippen molar-refractivity contribution >= 4 is 17.9 Å². The lowest BCUT2D eigenvalue weighted by Gasteiger charge is -2.32. The minimum Gasteiger partial charge on any atom is -0.487 e. The van der Waals surface area contributed by atoms with Gasteiger partial charge in [-0.15, -0.1) is 0 Å². The van der Waals surface area contributed by atoms with Gasteiger partial charge < -0.3 is 19.9 Å². The van der Waals surface area contributed by atoms with Crippen LogP contribution in [0.2, 0.25) is 0 Å². The van der Waals surface area contributed by atoms with Crippen molar-refractivity contribution < 1.29 is 24.2 Å². The molecule has 1 unspecified atom stereocenters. The zero-order valence-corrected chi connectivity index (χ0v) is 22.9. The number of hydrogen-bond donors (Lipinski definition) is 2. The van der Waals surface area contributed by atoms with Crippen LogP contribution < -0.4 is 19.7 Å².